The van der Waals surface area contributed by atoms with Gasteiger partial charge in [-0.3, -0.25) is 4.79 Å². The Bertz CT molecular complexity index is 634. The van der Waals surface area contributed by atoms with Crippen LogP contribution in [0, 0.1) is 0 Å². The van der Waals surface area contributed by atoms with Gasteiger partial charge in [0.05, 0.1) is 0 Å². The second kappa shape index (κ2) is 5.02. The van der Waals surface area contributed by atoms with Gasteiger partial charge in [-0.25, -0.2) is 0 Å². The smallest absolute Gasteiger partial charge is 0.272 e. The summed E-state index contributed by atoms with van der Waals surface area (Å²) in [5, 5.41) is 3.48. The fourth-order valence-electron chi connectivity index (χ4n) is 2.04. The SMILES string of the molecule is O=C(Nc1cccc(Cl)c1)c1cc(Br)cn1C1CC1. The molecule has 1 heterocycles. The van der Waals surface area contributed by atoms with E-state index < -0.39 is 0 Å². The number of aromatic nitrogens is 1. The van der Waals surface area contributed by atoms with Gasteiger partial charge in [0.25, 0.3) is 5.91 Å². The minimum Gasteiger partial charge on any atom is -0.339 e. The van der Waals surface area contributed by atoms with Crippen LogP contribution in [0.3, 0.4) is 0 Å². The van der Waals surface area contributed by atoms with Crippen molar-refractivity contribution in [1.29, 1.82) is 0 Å². The van der Waals surface area contributed by atoms with E-state index in [0.717, 1.165) is 17.3 Å². The van der Waals surface area contributed by atoms with Gasteiger partial charge in [0, 0.05) is 27.4 Å². The third-order valence-electron chi connectivity index (χ3n) is 3.07. The Balaban J connectivity index is 1.84. The van der Waals surface area contributed by atoms with Crippen molar-refractivity contribution in [3.05, 3.63) is 51.7 Å². The quantitative estimate of drug-likeness (QED) is 0.878. The summed E-state index contributed by atoms with van der Waals surface area (Å²) in [6.07, 6.45) is 4.24. The minimum absolute atomic E-state index is 0.111. The number of carbonyl (C=O) groups excluding carboxylic acids is 1. The Morgan fingerprint density at radius 2 is 2.16 bits per heavy atom. The third kappa shape index (κ3) is 2.85. The summed E-state index contributed by atoms with van der Waals surface area (Å²) in [4.78, 5) is 12.3. The lowest BCUT2D eigenvalue weighted by molar-refractivity contribution is 0.101. The van der Waals surface area contributed by atoms with Crippen LogP contribution in [-0.2, 0) is 0 Å². The number of hydrogen-bond donors (Lipinski definition) is 1. The predicted molar refractivity (Wildman–Crippen MR) is 79.8 cm³/mol. The van der Waals surface area contributed by atoms with Crippen LogP contribution in [0.25, 0.3) is 0 Å². The first-order valence-electron chi connectivity index (χ1n) is 6.08. The number of nitrogens with one attached hydrogen (secondary N) is 1. The molecule has 1 aliphatic rings. The summed E-state index contributed by atoms with van der Waals surface area (Å²) < 4.78 is 2.96. The molecule has 1 fully saturated rings. The number of carbonyl (C=O) groups is 1. The van der Waals surface area contributed by atoms with Crippen molar-refractivity contribution in [2.75, 3.05) is 5.32 Å². The number of amides is 1. The van der Waals surface area contributed by atoms with Crippen LogP contribution in [-0.4, -0.2) is 10.5 Å². The van der Waals surface area contributed by atoms with Gasteiger partial charge in [-0.15, -0.1) is 0 Å². The number of halogens is 2. The number of benzene rings is 1. The summed E-state index contributed by atoms with van der Waals surface area (Å²) in [7, 11) is 0. The molecular formula is C14H12BrClN2O. The Labute approximate surface area is 124 Å². The summed E-state index contributed by atoms with van der Waals surface area (Å²) in [6.45, 7) is 0. The van der Waals surface area contributed by atoms with Gasteiger partial charge in [-0.05, 0) is 53.0 Å². The van der Waals surface area contributed by atoms with Crippen LogP contribution >= 0.6 is 27.5 Å². The van der Waals surface area contributed by atoms with E-state index in [1.165, 1.54) is 0 Å². The second-order valence-electron chi connectivity index (χ2n) is 4.65. The maximum absolute atomic E-state index is 12.3. The first kappa shape index (κ1) is 12.8. The highest BCUT2D eigenvalue weighted by atomic mass is 79.9. The van der Waals surface area contributed by atoms with Gasteiger partial charge >= 0.3 is 0 Å². The lowest BCUT2D eigenvalue weighted by Gasteiger charge is -2.08. The molecule has 19 heavy (non-hydrogen) atoms. The Hall–Kier alpha value is -1.26. The monoisotopic (exact) mass is 338 g/mol. The van der Waals surface area contributed by atoms with E-state index >= 15 is 0 Å². The Morgan fingerprint density at radius 1 is 1.37 bits per heavy atom. The largest absolute Gasteiger partial charge is 0.339 e. The van der Waals surface area contributed by atoms with E-state index in [9.17, 15) is 4.79 Å². The summed E-state index contributed by atoms with van der Waals surface area (Å²) in [6, 6.07) is 9.46. The lowest BCUT2D eigenvalue weighted by Crippen LogP contribution is -2.16. The van der Waals surface area contributed by atoms with E-state index in [1.54, 1.807) is 12.1 Å². The van der Waals surface area contributed by atoms with Crippen LogP contribution in [0.5, 0.6) is 0 Å². The van der Waals surface area contributed by atoms with Crippen molar-refractivity contribution in [2.24, 2.45) is 0 Å². The highest BCUT2D eigenvalue weighted by Crippen LogP contribution is 2.37. The molecule has 0 bridgehead atoms. The van der Waals surface area contributed by atoms with Gasteiger partial charge < -0.3 is 9.88 Å². The first-order valence-corrected chi connectivity index (χ1v) is 7.25. The topological polar surface area (TPSA) is 34.0 Å². The van der Waals surface area contributed by atoms with Crippen LogP contribution < -0.4 is 5.32 Å². The highest BCUT2D eigenvalue weighted by molar-refractivity contribution is 9.10. The molecule has 2 aromatic rings. The molecule has 0 saturated heterocycles. The molecule has 5 heteroatoms. The Kier molecular flexibility index (Phi) is 3.37. The normalized spacial score (nSPS) is 14.4. The molecule has 1 aliphatic carbocycles. The van der Waals surface area contributed by atoms with Crippen molar-refractivity contribution < 1.29 is 4.79 Å². The summed E-state index contributed by atoms with van der Waals surface area (Å²) in [5.74, 6) is -0.111. The molecule has 1 aromatic heterocycles. The zero-order valence-corrected chi connectivity index (χ0v) is 12.4. The molecule has 0 aliphatic heterocycles. The number of anilines is 1. The van der Waals surface area contributed by atoms with E-state index in [2.05, 4.69) is 21.2 Å². The molecular weight excluding hydrogens is 328 g/mol. The number of rotatable bonds is 3. The van der Waals surface area contributed by atoms with E-state index in [4.69, 9.17) is 11.6 Å². The molecule has 1 saturated carbocycles. The standard InChI is InChI=1S/C14H12BrClN2O/c15-9-6-13(18(8-9)12-4-5-12)14(19)17-11-3-1-2-10(16)7-11/h1-3,6-8,12H,4-5H2,(H,17,19). The third-order valence-corrected chi connectivity index (χ3v) is 3.74. The molecule has 1 N–H and O–H groups in total. The zero-order valence-electron chi connectivity index (χ0n) is 10.1. The van der Waals surface area contributed by atoms with Crippen LogP contribution in [0.15, 0.2) is 41.0 Å². The lowest BCUT2D eigenvalue weighted by atomic mass is 10.3. The first-order chi connectivity index (χ1) is 9.13. The molecule has 3 nitrogen and oxygen atoms in total. The van der Waals surface area contributed by atoms with Crippen molar-refractivity contribution >= 4 is 39.1 Å². The van der Waals surface area contributed by atoms with Crippen LogP contribution in [0.1, 0.15) is 29.4 Å². The molecule has 98 valence electrons. The van der Waals surface area contributed by atoms with Gasteiger partial charge in [-0.2, -0.15) is 0 Å². The van der Waals surface area contributed by atoms with Gasteiger partial charge in [0.15, 0.2) is 0 Å². The van der Waals surface area contributed by atoms with E-state index in [0.29, 0.717) is 22.4 Å². The van der Waals surface area contributed by atoms with Crippen molar-refractivity contribution in [3.63, 3.8) is 0 Å². The summed E-state index contributed by atoms with van der Waals surface area (Å²) in [5.41, 5.74) is 1.38. The fourth-order valence-corrected chi connectivity index (χ4v) is 2.67. The van der Waals surface area contributed by atoms with Crippen LogP contribution in [0.4, 0.5) is 5.69 Å². The number of hydrogen-bond acceptors (Lipinski definition) is 1. The maximum Gasteiger partial charge on any atom is 0.272 e. The fraction of sp³-hybridized carbons (Fsp3) is 0.214. The molecule has 1 aromatic carbocycles. The predicted octanol–water partition coefficient (Wildman–Crippen LogP) is 4.49. The Morgan fingerprint density at radius 3 is 2.84 bits per heavy atom. The van der Waals surface area contributed by atoms with Gasteiger partial charge in [0.1, 0.15) is 5.69 Å². The molecule has 0 atom stereocenters. The van der Waals surface area contributed by atoms with Gasteiger partial charge in [0.2, 0.25) is 0 Å². The van der Waals surface area contributed by atoms with E-state index in [1.807, 2.05) is 29.0 Å². The van der Waals surface area contributed by atoms with Crippen molar-refractivity contribution in [2.45, 2.75) is 18.9 Å². The molecule has 0 radical (unpaired) electrons. The number of nitrogens with zero attached hydrogens (tertiary/aromatic N) is 1. The zero-order chi connectivity index (χ0) is 13.4. The van der Waals surface area contributed by atoms with Gasteiger partial charge in [-0.1, -0.05) is 17.7 Å². The molecule has 3 rings (SSSR count). The van der Waals surface area contributed by atoms with E-state index in [-0.39, 0.29) is 5.91 Å². The highest BCUT2D eigenvalue weighted by Gasteiger charge is 2.27. The maximum atomic E-state index is 12.3. The average Bonchev–Trinajstić information content (AvgIpc) is 3.12. The van der Waals surface area contributed by atoms with Crippen molar-refractivity contribution in [1.82, 2.24) is 4.57 Å². The summed E-state index contributed by atoms with van der Waals surface area (Å²) >= 11 is 9.33. The second-order valence-corrected chi connectivity index (χ2v) is 6.00. The minimum atomic E-state index is -0.111. The molecule has 0 spiro atoms. The molecule has 0 unspecified atom stereocenters. The van der Waals surface area contributed by atoms with Crippen LogP contribution in [0.2, 0.25) is 5.02 Å². The average molecular weight is 340 g/mol. The molecule has 1 amide bonds. The van der Waals surface area contributed by atoms with Crippen molar-refractivity contribution in [3.8, 4) is 0 Å².